The van der Waals surface area contributed by atoms with Gasteiger partial charge in [0.25, 0.3) is 0 Å². The number of aryl methyl sites for hydroxylation is 1. The van der Waals surface area contributed by atoms with Gasteiger partial charge in [0.15, 0.2) is 6.79 Å². The molecule has 0 N–H and O–H groups in total. The normalized spacial score (nSPS) is 9.41. The molecule has 0 aromatic heterocycles. The van der Waals surface area contributed by atoms with E-state index in [-0.39, 0.29) is 0 Å². The number of halogens is 1. The predicted octanol–water partition coefficient (Wildman–Crippen LogP) is 3.45. The largest absolute Gasteiger partial charge is 0.468 e. The number of hydrogen-bond acceptors (Lipinski definition) is 3. The van der Waals surface area contributed by atoms with Crippen LogP contribution >= 0.6 is 11.6 Å². The number of benzene rings is 1. The summed E-state index contributed by atoms with van der Waals surface area (Å²) in [5.41, 5.74) is 1.32. The Morgan fingerprint density at radius 1 is 1.18 bits per heavy atom. The molecule has 1 aromatic rings. The third kappa shape index (κ3) is 8.98. The van der Waals surface area contributed by atoms with E-state index in [1.54, 1.807) is 14.2 Å². The lowest BCUT2D eigenvalue weighted by Gasteiger charge is -2.05. The van der Waals surface area contributed by atoms with Crippen molar-refractivity contribution in [3.63, 3.8) is 0 Å². The van der Waals surface area contributed by atoms with Crippen molar-refractivity contribution in [3.05, 3.63) is 29.8 Å². The molecule has 4 heteroatoms. The van der Waals surface area contributed by atoms with Gasteiger partial charge in [0.2, 0.25) is 0 Å². The van der Waals surface area contributed by atoms with E-state index in [9.17, 15) is 0 Å². The Morgan fingerprint density at radius 3 is 2.41 bits per heavy atom. The molecule has 0 aliphatic heterocycles. The number of hydrogen-bond donors (Lipinski definition) is 0. The molecule has 1 aromatic carbocycles. The molecule has 17 heavy (non-hydrogen) atoms. The standard InChI is InChI=1S/C11H16O2.C2H5ClO/c1-3-5-10-6-4-7-11(8-10)13-9-12-2;1-4-2-3/h4,6-8H,3,5,9H2,1-2H3;2H2,1H3. The molecule has 98 valence electrons. The van der Waals surface area contributed by atoms with Crippen LogP contribution in [0, 0.1) is 0 Å². The third-order valence-corrected chi connectivity index (χ3v) is 2.11. The summed E-state index contributed by atoms with van der Waals surface area (Å²) in [6.45, 7) is 2.48. The van der Waals surface area contributed by atoms with E-state index >= 15 is 0 Å². The Bertz CT molecular complexity index is 277. The highest BCUT2D eigenvalue weighted by Gasteiger charge is 1.95. The van der Waals surface area contributed by atoms with Crippen LogP contribution in [0.5, 0.6) is 5.75 Å². The Labute approximate surface area is 109 Å². The second kappa shape index (κ2) is 11.7. The van der Waals surface area contributed by atoms with E-state index in [1.807, 2.05) is 12.1 Å². The van der Waals surface area contributed by atoms with Crippen LogP contribution in [0.4, 0.5) is 0 Å². The summed E-state index contributed by atoms with van der Waals surface area (Å²) in [6.07, 6.45) is 2.26. The van der Waals surface area contributed by atoms with Crippen molar-refractivity contribution in [1.29, 1.82) is 0 Å². The molecule has 0 aliphatic carbocycles. The maximum atomic E-state index is 5.32. The van der Waals surface area contributed by atoms with Crippen LogP contribution in [0.1, 0.15) is 18.9 Å². The van der Waals surface area contributed by atoms with Crippen molar-refractivity contribution in [2.24, 2.45) is 0 Å². The summed E-state index contributed by atoms with van der Waals surface area (Å²) in [5.74, 6) is 0.882. The SMILES string of the molecule is CCCc1cccc(OCOC)c1.COCCl. The summed E-state index contributed by atoms with van der Waals surface area (Å²) in [4.78, 5) is 0. The van der Waals surface area contributed by atoms with E-state index in [0.717, 1.165) is 18.6 Å². The van der Waals surface area contributed by atoms with E-state index in [0.29, 0.717) is 12.9 Å². The third-order valence-electron chi connectivity index (χ3n) is 1.89. The molecule has 0 spiro atoms. The average Bonchev–Trinajstić information content (AvgIpc) is 2.37. The molecule has 3 nitrogen and oxygen atoms in total. The van der Waals surface area contributed by atoms with Crippen LogP contribution < -0.4 is 4.74 Å². The van der Waals surface area contributed by atoms with Crippen LogP contribution in [-0.4, -0.2) is 27.1 Å². The molecular formula is C13H21ClO3. The molecule has 0 aliphatic rings. The number of alkyl halides is 1. The lowest BCUT2D eigenvalue weighted by molar-refractivity contribution is 0.0511. The average molecular weight is 261 g/mol. The maximum absolute atomic E-state index is 5.32. The van der Waals surface area contributed by atoms with Gasteiger partial charge in [-0.1, -0.05) is 37.1 Å². The van der Waals surface area contributed by atoms with Gasteiger partial charge in [-0.05, 0) is 24.1 Å². The first kappa shape index (κ1) is 16.2. The minimum Gasteiger partial charge on any atom is -0.468 e. The van der Waals surface area contributed by atoms with Gasteiger partial charge in [-0.2, -0.15) is 0 Å². The maximum Gasteiger partial charge on any atom is 0.188 e. The van der Waals surface area contributed by atoms with Gasteiger partial charge in [-0.3, -0.25) is 0 Å². The smallest absolute Gasteiger partial charge is 0.188 e. The first-order valence-corrected chi connectivity index (χ1v) is 6.07. The summed E-state index contributed by atoms with van der Waals surface area (Å²) in [7, 11) is 3.17. The lowest BCUT2D eigenvalue weighted by Crippen LogP contribution is -1.99. The predicted molar refractivity (Wildman–Crippen MR) is 70.7 cm³/mol. The lowest BCUT2D eigenvalue weighted by atomic mass is 10.1. The van der Waals surface area contributed by atoms with Crippen LogP contribution in [0.2, 0.25) is 0 Å². The molecule has 0 saturated heterocycles. The molecule has 0 saturated carbocycles. The van der Waals surface area contributed by atoms with Gasteiger partial charge in [-0.25, -0.2) is 0 Å². The monoisotopic (exact) mass is 260 g/mol. The van der Waals surface area contributed by atoms with Crippen LogP contribution in [0.15, 0.2) is 24.3 Å². The van der Waals surface area contributed by atoms with Crippen molar-refractivity contribution in [2.75, 3.05) is 27.1 Å². The Balaban J connectivity index is 0.000000557. The van der Waals surface area contributed by atoms with Crippen LogP contribution in [-0.2, 0) is 15.9 Å². The highest BCUT2D eigenvalue weighted by Crippen LogP contribution is 2.14. The van der Waals surface area contributed by atoms with E-state index in [4.69, 9.17) is 21.1 Å². The first-order chi connectivity index (χ1) is 8.28. The van der Waals surface area contributed by atoms with Gasteiger partial charge in [0.1, 0.15) is 11.8 Å². The van der Waals surface area contributed by atoms with Gasteiger partial charge >= 0.3 is 0 Å². The molecule has 0 heterocycles. The molecular weight excluding hydrogens is 240 g/mol. The van der Waals surface area contributed by atoms with E-state index in [2.05, 4.69) is 23.8 Å². The summed E-state index contributed by atoms with van der Waals surface area (Å²) < 4.78 is 14.5. The second-order valence-corrected chi connectivity index (χ2v) is 3.56. The van der Waals surface area contributed by atoms with Crippen molar-refractivity contribution in [3.8, 4) is 5.75 Å². The summed E-state index contributed by atoms with van der Waals surface area (Å²) in [6, 6.07) is 8.42. The fourth-order valence-corrected chi connectivity index (χ4v) is 1.21. The zero-order chi connectivity index (χ0) is 12.9. The van der Waals surface area contributed by atoms with Crippen LogP contribution in [0.3, 0.4) is 0 Å². The minimum absolute atomic E-state index is 0.292. The van der Waals surface area contributed by atoms with Crippen molar-refractivity contribution in [2.45, 2.75) is 19.8 Å². The van der Waals surface area contributed by atoms with Crippen molar-refractivity contribution in [1.82, 2.24) is 0 Å². The minimum atomic E-state index is 0.292. The summed E-state index contributed by atoms with van der Waals surface area (Å²) in [5, 5.41) is 0. The molecule has 0 bridgehead atoms. The topological polar surface area (TPSA) is 27.7 Å². The molecule has 0 radical (unpaired) electrons. The molecule has 1 rings (SSSR count). The van der Waals surface area contributed by atoms with Crippen molar-refractivity contribution < 1.29 is 14.2 Å². The Morgan fingerprint density at radius 2 is 1.88 bits per heavy atom. The quantitative estimate of drug-likeness (QED) is 0.579. The molecule has 0 fully saturated rings. The first-order valence-electron chi connectivity index (χ1n) is 5.54. The Hall–Kier alpha value is -0.770. The summed E-state index contributed by atoms with van der Waals surface area (Å²) >= 11 is 4.96. The zero-order valence-electron chi connectivity index (χ0n) is 10.7. The number of ether oxygens (including phenoxy) is 3. The van der Waals surface area contributed by atoms with E-state index in [1.165, 1.54) is 5.56 Å². The van der Waals surface area contributed by atoms with Crippen molar-refractivity contribution >= 4 is 11.6 Å². The highest BCUT2D eigenvalue weighted by molar-refractivity contribution is 6.17. The van der Waals surface area contributed by atoms with Crippen LogP contribution in [0.25, 0.3) is 0 Å². The van der Waals surface area contributed by atoms with Gasteiger partial charge < -0.3 is 14.2 Å². The van der Waals surface area contributed by atoms with Gasteiger partial charge in [0.05, 0.1) is 0 Å². The molecule has 0 atom stereocenters. The van der Waals surface area contributed by atoms with Gasteiger partial charge in [0, 0.05) is 14.2 Å². The van der Waals surface area contributed by atoms with E-state index < -0.39 is 0 Å². The fraction of sp³-hybridized carbons (Fsp3) is 0.538. The highest BCUT2D eigenvalue weighted by atomic mass is 35.5. The molecule has 0 amide bonds. The molecule has 0 unspecified atom stereocenters. The number of methoxy groups -OCH3 is 2. The number of rotatable bonds is 6. The van der Waals surface area contributed by atoms with Gasteiger partial charge in [-0.15, -0.1) is 0 Å². The zero-order valence-corrected chi connectivity index (χ0v) is 11.5. The second-order valence-electron chi connectivity index (χ2n) is 3.35. The fourth-order valence-electron chi connectivity index (χ4n) is 1.21. The Kier molecular flexibility index (Phi) is 11.2.